The van der Waals surface area contributed by atoms with Crippen LogP contribution in [0.25, 0.3) is 10.8 Å². The van der Waals surface area contributed by atoms with Crippen molar-refractivity contribution in [2.75, 3.05) is 6.61 Å². The van der Waals surface area contributed by atoms with Crippen molar-refractivity contribution in [3.8, 4) is 17.6 Å². The van der Waals surface area contributed by atoms with Crippen molar-refractivity contribution in [1.82, 2.24) is 0 Å². The molecule has 0 aliphatic rings. The number of rotatable bonds is 12. The molecule has 1 heteroatoms. The van der Waals surface area contributed by atoms with Gasteiger partial charge in [-0.3, -0.25) is 0 Å². The van der Waals surface area contributed by atoms with E-state index in [2.05, 4.69) is 86.4 Å². The lowest BCUT2D eigenvalue weighted by Gasteiger charge is -2.07. The van der Waals surface area contributed by atoms with E-state index in [9.17, 15) is 0 Å². The van der Waals surface area contributed by atoms with Crippen LogP contribution in [0.2, 0.25) is 0 Å². The first-order chi connectivity index (χ1) is 15.8. The summed E-state index contributed by atoms with van der Waals surface area (Å²) < 4.78 is 5.88. The van der Waals surface area contributed by atoms with E-state index < -0.39 is 0 Å². The third-order valence-electron chi connectivity index (χ3n) is 5.95. The van der Waals surface area contributed by atoms with Gasteiger partial charge >= 0.3 is 0 Å². The Morgan fingerprint density at radius 3 is 2.03 bits per heavy atom. The predicted octanol–water partition coefficient (Wildman–Crippen LogP) is 8.71. The molecule has 0 bridgehead atoms. The quantitative estimate of drug-likeness (QED) is 0.208. The van der Waals surface area contributed by atoms with Crippen LogP contribution in [0.3, 0.4) is 0 Å². The van der Waals surface area contributed by atoms with Crippen LogP contribution in [-0.2, 0) is 6.42 Å². The third kappa shape index (κ3) is 8.08. The predicted molar refractivity (Wildman–Crippen MR) is 138 cm³/mol. The Balaban J connectivity index is 1.53. The zero-order valence-corrected chi connectivity index (χ0v) is 20.0. The molecule has 0 amide bonds. The molecule has 0 N–H and O–H groups in total. The number of benzene rings is 3. The summed E-state index contributed by atoms with van der Waals surface area (Å²) in [5.74, 6) is 7.60. The fourth-order valence-corrected chi connectivity index (χ4v) is 3.94. The maximum atomic E-state index is 5.88. The molecule has 0 aliphatic heterocycles. The minimum atomic E-state index is 0.792. The summed E-state index contributed by atoms with van der Waals surface area (Å²) in [4.78, 5) is 0. The number of fused-ring (bicyclic) bond motifs is 1. The molecule has 0 radical (unpaired) electrons. The number of ether oxygens (including phenoxy) is 1. The van der Waals surface area contributed by atoms with Crippen LogP contribution in [0.1, 0.15) is 88.3 Å². The lowest BCUT2D eigenvalue weighted by Crippen LogP contribution is -1.96. The van der Waals surface area contributed by atoms with Crippen LogP contribution in [0, 0.1) is 11.8 Å². The van der Waals surface area contributed by atoms with Crippen molar-refractivity contribution < 1.29 is 4.74 Å². The zero-order valence-electron chi connectivity index (χ0n) is 20.0. The second-order valence-electron chi connectivity index (χ2n) is 8.74. The number of aryl methyl sites for hydroxylation is 1. The van der Waals surface area contributed by atoms with Crippen molar-refractivity contribution in [2.24, 2.45) is 0 Å². The Bertz CT molecular complexity index is 1000. The summed E-state index contributed by atoms with van der Waals surface area (Å²) in [6.45, 7) is 5.27. The zero-order chi connectivity index (χ0) is 22.4. The van der Waals surface area contributed by atoms with Crippen molar-refractivity contribution in [2.45, 2.75) is 78.1 Å². The van der Waals surface area contributed by atoms with Crippen molar-refractivity contribution in [3.05, 3.63) is 77.4 Å². The summed E-state index contributed by atoms with van der Waals surface area (Å²) in [6, 6.07) is 21.5. The fourth-order valence-electron chi connectivity index (χ4n) is 3.94. The van der Waals surface area contributed by atoms with Gasteiger partial charge < -0.3 is 4.74 Å². The first-order valence-electron chi connectivity index (χ1n) is 12.6. The van der Waals surface area contributed by atoms with Crippen LogP contribution < -0.4 is 4.74 Å². The Kier molecular flexibility index (Phi) is 10.2. The van der Waals surface area contributed by atoms with Gasteiger partial charge in [0.25, 0.3) is 0 Å². The second kappa shape index (κ2) is 13.6. The number of hydrogen-bond acceptors (Lipinski definition) is 1. The molecule has 3 aromatic rings. The lowest BCUT2D eigenvalue weighted by molar-refractivity contribution is 0.306. The number of unbranched alkanes of at least 4 members (excludes halogenated alkanes) is 7. The molecule has 0 fully saturated rings. The van der Waals surface area contributed by atoms with E-state index >= 15 is 0 Å². The third-order valence-corrected chi connectivity index (χ3v) is 5.95. The molecule has 0 spiro atoms. The van der Waals surface area contributed by atoms with Crippen molar-refractivity contribution >= 4 is 10.8 Å². The fraction of sp³-hybridized carbons (Fsp3) is 0.419. The largest absolute Gasteiger partial charge is 0.494 e. The molecule has 32 heavy (non-hydrogen) atoms. The van der Waals surface area contributed by atoms with E-state index in [0.29, 0.717) is 0 Å². The Hall–Kier alpha value is -2.72. The normalized spacial score (nSPS) is 10.7. The van der Waals surface area contributed by atoms with Gasteiger partial charge in [0.15, 0.2) is 0 Å². The molecular weight excluding hydrogens is 388 g/mol. The van der Waals surface area contributed by atoms with Gasteiger partial charge in [-0.15, -0.1) is 0 Å². The molecule has 0 unspecified atom stereocenters. The van der Waals surface area contributed by atoms with Crippen LogP contribution in [-0.4, -0.2) is 6.61 Å². The Morgan fingerprint density at radius 2 is 1.22 bits per heavy atom. The van der Waals surface area contributed by atoms with E-state index in [4.69, 9.17) is 4.74 Å². The van der Waals surface area contributed by atoms with E-state index in [0.717, 1.165) is 29.9 Å². The topological polar surface area (TPSA) is 9.23 Å². The maximum absolute atomic E-state index is 5.88. The van der Waals surface area contributed by atoms with E-state index in [1.165, 1.54) is 74.1 Å². The van der Waals surface area contributed by atoms with E-state index in [1.807, 2.05) is 0 Å². The molecule has 3 aromatic carbocycles. The lowest BCUT2D eigenvalue weighted by atomic mass is 10.0. The van der Waals surface area contributed by atoms with Crippen LogP contribution in [0.15, 0.2) is 60.7 Å². The smallest absolute Gasteiger partial charge is 0.119 e. The molecule has 0 heterocycles. The van der Waals surface area contributed by atoms with Gasteiger partial charge in [-0.1, -0.05) is 94.9 Å². The Labute approximate surface area is 195 Å². The summed E-state index contributed by atoms with van der Waals surface area (Å²) in [6.07, 6.45) is 12.8. The van der Waals surface area contributed by atoms with Gasteiger partial charge in [0, 0.05) is 11.1 Å². The molecule has 0 aliphatic carbocycles. The molecule has 3 rings (SSSR count). The molecule has 0 atom stereocenters. The van der Waals surface area contributed by atoms with E-state index in [1.54, 1.807) is 0 Å². The highest BCUT2D eigenvalue weighted by atomic mass is 16.5. The summed E-state index contributed by atoms with van der Waals surface area (Å²) >= 11 is 0. The van der Waals surface area contributed by atoms with Crippen LogP contribution in [0.4, 0.5) is 0 Å². The first kappa shape index (κ1) is 23.9. The summed E-state index contributed by atoms with van der Waals surface area (Å²) in [5.41, 5.74) is 3.54. The van der Waals surface area contributed by atoms with Crippen LogP contribution in [0.5, 0.6) is 5.75 Å². The number of hydrogen-bond donors (Lipinski definition) is 0. The van der Waals surface area contributed by atoms with Gasteiger partial charge in [0.1, 0.15) is 5.75 Å². The highest BCUT2D eigenvalue weighted by molar-refractivity contribution is 5.85. The van der Waals surface area contributed by atoms with Crippen molar-refractivity contribution in [3.63, 3.8) is 0 Å². The minimum absolute atomic E-state index is 0.792. The van der Waals surface area contributed by atoms with Crippen molar-refractivity contribution in [1.29, 1.82) is 0 Å². The first-order valence-corrected chi connectivity index (χ1v) is 12.6. The molecule has 1 nitrogen and oxygen atoms in total. The molecule has 0 saturated heterocycles. The average Bonchev–Trinajstić information content (AvgIpc) is 2.83. The van der Waals surface area contributed by atoms with Gasteiger partial charge in [0.2, 0.25) is 0 Å². The highest BCUT2D eigenvalue weighted by Gasteiger charge is 2.00. The van der Waals surface area contributed by atoms with Gasteiger partial charge in [-0.2, -0.15) is 0 Å². The van der Waals surface area contributed by atoms with E-state index in [-0.39, 0.29) is 0 Å². The van der Waals surface area contributed by atoms with Gasteiger partial charge in [0.05, 0.1) is 6.61 Å². The maximum Gasteiger partial charge on any atom is 0.119 e. The monoisotopic (exact) mass is 426 g/mol. The average molecular weight is 427 g/mol. The molecular formula is C31H38O. The SMILES string of the molecule is CCCCCCCCc1ccc(C#Cc2ccc3cc(OCCCCC)ccc3c2)cc1. The standard InChI is InChI=1S/C31H38O/c1-3-5-7-8-9-10-12-26-13-15-27(16-14-26)17-18-28-19-20-30-25-31(22-21-29(30)24-28)32-23-11-6-4-2/h13-16,19-22,24-25H,3-12,23H2,1-2H3. The Morgan fingerprint density at radius 1 is 0.594 bits per heavy atom. The highest BCUT2D eigenvalue weighted by Crippen LogP contribution is 2.22. The molecule has 168 valence electrons. The minimum Gasteiger partial charge on any atom is -0.494 e. The molecule has 0 saturated carbocycles. The van der Waals surface area contributed by atoms with Gasteiger partial charge in [-0.25, -0.2) is 0 Å². The summed E-state index contributed by atoms with van der Waals surface area (Å²) in [7, 11) is 0. The van der Waals surface area contributed by atoms with Crippen LogP contribution >= 0.6 is 0 Å². The summed E-state index contributed by atoms with van der Waals surface area (Å²) in [5, 5.41) is 2.40. The molecule has 0 aromatic heterocycles. The second-order valence-corrected chi connectivity index (χ2v) is 8.74. The van der Waals surface area contributed by atoms with Gasteiger partial charge in [-0.05, 0) is 72.0 Å².